The summed E-state index contributed by atoms with van der Waals surface area (Å²) in [5, 5.41) is 0. The van der Waals surface area contributed by atoms with Crippen LogP contribution in [0.5, 0.6) is 34.5 Å². The molecule has 6 aromatic rings. The van der Waals surface area contributed by atoms with Crippen molar-refractivity contribution in [2.75, 3.05) is 0 Å². The van der Waals surface area contributed by atoms with E-state index in [1.165, 1.54) is 44.5 Å². The minimum Gasteiger partial charge on any atom is -0.409 e. The number of para-hydroxylation sites is 2. The number of hydrogen-bond donors (Lipinski definition) is 0. The maximum atomic E-state index is 6.36. The molecule has 0 atom stereocenters. The number of hydrogen-bond acceptors (Lipinski definition) is 6. The van der Waals surface area contributed by atoms with Gasteiger partial charge in [0.2, 0.25) is 0 Å². The Labute approximate surface area is 318 Å². The molecule has 6 aromatic carbocycles. The zero-order chi connectivity index (χ0) is 35.7. The largest absolute Gasteiger partial charge is 0.530 e. The van der Waals surface area contributed by atoms with E-state index in [1.807, 2.05) is 60.7 Å². The van der Waals surface area contributed by atoms with Crippen LogP contribution in [0.2, 0.25) is 0 Å². The van der Waals surface area contributed by atoms with Crippen molar-refractivity contribution in [3.63, 3.8) is 0 Å². The van der Waals surface area contributed by atoms with Gasteiger partial charge in [0.25, 0.3) is 0 Å². The van der Waals surface area contributed by atoms with Crippen molar-refractivity contribution in [2.45, 2.75) is 62.2 Å². The molecule has 2 aliphatic heterocycles. The Hall–Kier alpha value is -5.02. The minimum atomic E-state index is -1.58. The van der Waals surface area contributed by atoms with Crippen molar-refractivity contribution in [2.24, 2.45) is 0 Å². The molecule has 0 unspecified atom stereocenters. The third-order valence-electron chi connectivity index (χ3n) is 12.2. The molecule has 0 N–H and O–H groups in total. The SMILES string of the molecule is c1ccc(OP2Oc3cccc4c3C3(CC4)CCc4cccc(c43)O2)cc1.c1ccc(OP2Oc3cccc4c3C3(CC4)CCc4cccc(c43)O2)cc1. The standard InChI is InChI=1S/2C23H19O3P/c2*1-2-8-18(9-3-1)24-27-25-19-10-4-6-16-12-14-23(21(16)19)15-13-17-7-5-11-20(26-27)22(17)23/h2*1-11H,12-15H2. The molecule has 0 fully saturated rings. The summed E-state index contributed by atoms with van der Waals surface area (Å²) in [6.45, 7) is 0. The van der Waals surface area contributed by atoms with Gasteiger partial charge < -0.3 is 27.1 Å². The fraction of sp³-hybridized carbons (Fsp3) is 0.217. The molecule has 0 radical (unpaired) electrons. The van der Waals surface area contributed by atoms with Gasteiger partial charge in [-0.05, 0) is 122 Å². The van der Waals surface area contributed by atoms with Crippen LogP contribution in [0.3, 0.4) is 0 Å². The molecule has 0 aromatic heterocycles. The topological polar surface area (TPSA) is 55.4 Å². The summed E-state index contributed by atoms with van der Waals surface area (Å²) in [5.41, 5.74) is 11.2. The van der Waals surface area contributed by atoms with Crippen LogP contribution in [0.1, 0.15) is 70.2 Å². The molecule has 2 spiro atoms. The molecule has 0 amide bonds. The average Bonchev–Trinajstić information content (AvgIpc) is 3.97. The van der Waals surface area contributed by atoms with Gasteiger partial charge in [-0.25, -0.2) is 0 Å². The molecule has 54 heavy (non-hydrogen) atoms. The number of benzene rings is 6. The summed E-state index contributed by atoms with van der Waals surface area (Å²) >= 11 is 0. The molecule has 6 aliphatic rings. The van der Waals surface area contributed by atoms with Crippen molar-refractivity contribution in [3.05, 3.63) is 178 Å². The molecule has 0 saturated heterocycles. The summed E-state index contributed by atoms with van der Waals surface area (Å²) in [6.07, 6.45) is 8.91. The van der Waals surface area contributed by atoms with Gasteiger partial charge in [0.15, 0.2) is 0 Å². The first-order valence-electron chi connectivity index (χ1n) is 18.9. The van der Waals surface area contributed by atoms with Crippen LogP contribution < -0.4 is 27.1 Å². The quantitative estimate of drug-likeness (QED) is 0.167. The molecule has 0 bridgehead atoms. The van der Waals surface area contributed by atoms with E-state index in [0.717, 1.165) is 85.9 Å². The first kappa shape index (κ1) is 32.4. The van der Waals surface area contributed by atoms with Crippen LogP contribution in [0.4, 0.5) is 0 Å². The van der Waals surface area contributed by atoms with Gasteiger partial charge in [0, 0.05) is 33.1 Å². The normalized spacial score (nSPS) is 19.5. The zero-order valence-corrected chi connectivity index (χ0v) is 31.5. The second kappa shape index (κ2) is 12.8. The van der Waals surface area contributed by atoms with E-state index in [2.05, 4.69) is 72.8 Å². The van der Waals surface area contributed by atoms with Gasteiger partial charge >= 0.3 is 17.2 Å². The van der Waals surface area contributed by atoms with E-state index in [9.17, 15) is 0 Å². The summed E-state index contributed by atoms with van der Waals surface area (Å²) in [5.74, 6) is 5.22. The lowest BCUT2D eigenvalue weighted by Crippen LogP contribution is -2.24. The first-order valence-corrected chi connectivity index (χ1v) is 21.1. The van der Waals surface area contributed by atoms with Crippen molar-refractivity contribution >= 4 is 17.2 Å². The molecule has 4 aliphatic carbocycles. The lowest BCUT2D eigenvalue weighted by Gasteiger charge is -2.33. The van der Waals surface area contributed by atoms with E-state index < -0.39 is 17.2 Å². The predicted octanol–water partition coefficient (Wildman–Crippen LogP) is 11.9. The fourth-order valence-electron chi connectivity index (χ4n) is 10.1. The third-order valence-corrected chi connectivity index (χ3v) is 14.3. The maximum absolute atomic E-state index is 6.36. The highest BCUT2D eigenvalue weighted by Gasteiger charge is 2.52. The van der Waals surface area contributed by atoms with E-state index in [0.29, 0.717) is 0 Å². The van der Waals surface area contributed by atoms with Crippen LogP contribution in [-0.2, 0) is 36.5 Å². The van der Waals surface area contributed by atoms with Crippen molar-refractivity contribution in [3.8, 4) is 34.5 Å². The van der Waals surface area contributed by atoms with Gasteiger partial charge in [-0.15, -0.1) is 0 Å². The Balaban J connectivity index is 0.000000126. The summed E-state index contributed by atoms with van der Waals surface area (Å²) in [4.78, 5) is 0. The predicted molar refractivity (Wildman–Crippen MR) is 211 cm³/mol. The second-order valence-electron chi connectivity index (χ2n) is 14.9. The van der Waals surface area contributed by atoms with Crippen LogP contribution in [0, 0.1) is 0 Å². The second-order valence-corrected chi connectivity index (χ2v) is 16.9. The van der Waals surface area contributed by atoms with Crippen molar-refractivity contribution < 1.29 is 27.1 Å². The molecular weight excluding hydrogens is 710 g/mol. The highest BCUT2D eigenvalue weighted by molar-refractivity contribution is 7.43. The van der Waals surface area contributed by atoms with Crippen LogP contribution in [-0.4, -0.2) is 0 Å². The highest BCUT2D eigenvalue weighted by Crippen LogP contribution is 2.63. The molecule has 0 saturated carbocycles. The van der Waals surface area contributed by atoms with E-state index >= 15 is 0 Å². The maximum Gasteiger partial charge on any atom is 0.530 e. The lowest BCUT2D eigenvalue weighted by molar-refractivity contribution is 0.363. The molecule has 12 rings (SSSR count). The molecule has 6 nitrogen and oxygen atoms in total. The van der Waals surface area contributed by atoms with Gasteiger partial charge in [-0.3, -0.25) is 0 Å². The minimum absolute atomic E-state index is 0.0338. The van der Waals surface area contributed by atoms with Crippen LogP contribution in [0.25, 0.3) is 0 Å². The fourth-order valence-corrected chi connectivity index (χ4v) is 12.1. The molecular formula is C46H38O6P2. The van der Waals surface area contributed by atoms with E-state index in [-0.39, 0.29) is 10.8 Å². The van der Waals surface area contributed by atoms with E-state index in [4.69, 9.17) is 27.1 Å². The smallest absolute Gasteiger partial charge is 0.409 e. The van der Waals surface area contributed by atoms with Crippen molar-refractivity contribution in [1.29, 1.82) is 0 Å². The Morgan fingerprint density at radius 2 is 0.648 bits per heavy atom. The Morgan fingerprint density at radius 1 is 0.352 bits per heavy atom. The van der Waals surface area contributed by atoms with Gasteiger partial charge in [0.1, 0.15) is 34.5 Å². The van der Waals surface area contributed by atoms with Crippen LogP contribution >= 0.6 is 17.2 Å². The van der Waals surface area contributed by atoms with Crippen LogP contribution in [0.15, 0.2) is 133 Å². The van der Waals surface area contributed by atoms with Gasteiger partial charge in [-0.2, -0.15) is 0 Å². The zero-order valence-electron chi connectivity index (χ0n) is 29.7. The van der Waals surface area contributed by atoms with Crippen molar-refractivity contribution in [1.82, 2.24) is 0 Å². The highest BCUT2D eigenvalue weighted by atomic mass is 31.2. The first-order chi connectivity index (χ1) is 26.7. The Bertz CT molecular complexity index is 2100. The third kappa shape index (κ3) is 5.14. The summed E-state index contributed by atoms with van der Waals surface area (Å²) in [7, 11) is -3.15. The molecule has 268 valence electrons. The average molecular weight is 749 g/mol. The van der Waals surface area contributed by atoms with E-state index in [1.54, 1.807) is 0 Å². The Morgan fingerprint density at radius 3 is 0.944 bits per heavy atom. The van der Waals surface area contributed by atoms with Gasteiger partial charge in [-0.1, -0.05) is 84.9 Å². The number of aryl methyl sites for hydroxylation is 4. The lowest BCUT2D eigenvalue weighted by atomic mass is 9.76. The Kier molecular flexibility index (Phi) is 7.68. The van der Waals surface area contributed by atoms with Gasteiger partial charge in [0.05, 0.1) is 0 Å². The molecule has 2 heterocycles. The monoisotopic (exact) mass is 748 g/mol. The molecule has 8 heteroatoms. The summed E-state index contributed by atoms with van der Waals surface area (Å²) < 4.78 is 37.7. The number of rotatable bonds is 4. The summed E-state index contributed by atoms with van der Waals surface area (Å²) in [6, 6.07) is 45.2.